The summed E-state index contributed by atoms with van der Waals surface area (Å²) in [6.07, 6.45) is 0.544. The number of halogens is 2. The molecule has 1 heterocycles. The van der Waals surface area contributed by atoms with Crippen LogP contribution in [0.5, 0.6) is 0 Å². The minimum Gasteiger partial charge on any atom is -0.394 e. The fourth-order valence-corrected chi connectivity index (χ4v) is 2.28. The average Bonchev–Trinajstić information content (AvgIpc) is 2.81. The third kappa shape index (κ3) is 2.71. The van der Waals surface area contributed by atoms with E-state index in [-0.39, 0.29) is 18.8 Å². The van der Waals surface area contributed by atoms with Crippen LogP contribution in [0.2, 0.25) is 0 Å². The quantitative estimate of drug-likeness (QED) is 0.887. The molecule has 0 aromatic heterocycles. The van der Waals surface area contributed by atoms with Crippen LogP contribution in [0.1, 0.15) is 16.8 Å². The number of carbonyl (C=O) groups is 1. The number of ether oxygens (including phenoxy) is 1. The van der Waals surface area contributed by atoms with Gasteiger partial charge in [0.15, 0.2) is 0 Å². The minimum atomic E-state index is -0.761. The third-order valence-electron chi connectivity index (χ3n) is 2.96. The number of carbonyl (C=O) groups excluding carboxylic acids is 1. The Bertz CT molecular complexity index is 461. The number of aliphatic hydroxyl groups excluding tert-OH is 1. The van der Waals surface area contributed by atoms with Crippen LogP contribution in [0.4, 0.5) is 4.39 Å². The topological polar surface area (TPSA) is 58.6 Å². The Kier molecular flexibility index (Phi) is 3.99. The lowest BCUT2D eigenvalue weighted by Gasteiger charge is -2.26. The molecule has 1 saturated heterocycles. The normalized spacial score (nSPS) is 23.1. The number of hydrogen-bond acceptors (Lipinski definition) is 3. The maximum Gasteiger partial charge on any atom is 0.253 e. The highest BCUT2D eigenvalue weighted by atomic mass is 79.9. The van der Waals surface area contributed by atoms with Crippen molar-refractivity contribution in [3.63, 3.8) is 0 Å². The van der Waals surface area contributed by atoms with Gasteiger partial charge in [-0.2, -0.15) is 0 Å². The van der Waals surface area contributed by atoms with Crippen molar-refractivity contribution in [1.29, 1.82) is 0 Å². The molecule has 1 fully saturated rings. The molecule has 4 nitrogen and oxygen atoms in total. The Morgan fingerprint density at radius 3 is 3.00 bits per heavy atom. The van der Waals surface area contributed by atoms with Gasteiger partial charge in [0.1, 0.15) is 5.82 Å². The third-order valence-corrected chi connectivity index (χ3v) is 3.65. The van der Waals surface area contributed by atoms with Gasteiger partial charge in [-0.1, -0.05) is 0 Å². The number of rotatable bonds is 3. The summed E-state index contributed by atoms with van der Waals surface area (Å²) < 4.78 is 18.8. The van der Waals surface area contributed by atoms with Gasteiger partial charge in [-0.15, -0.1) is 0 Å². The van der Waals surface area contributed by atoms with Gasteiger partial charge in [0.2, 0.25) is 0 Å². The monoisotopic (exact) mass is 317 g/mol. The molecule has 1 amide bonds. The van der Waals surface area contributed by atoms with E-state index in [1.54, 1.807) is 0 Å². The van der Waals surface area contributed by atoms with E-state index in [0.717, 1.165) is 6.07 Å². The Morgan fingerprint density at radius 2 is 2.39 bits per heavy atom. The zero-order chi connectivity index (χ0) is 13.2. The number of aliphatic hydroxyl groups is 1. The van der Waals surface area contributed by atoms with E-state index in [0.29, 0.717) is 17.5 Å². The first-order valence-electron chi connectivity index (χ1n) is 5.52. The minimum absolute atomic E-state index is 0.203. The molecule has 2 N–H and O–H groups in total. The molecule has 1 aliphatic heterocycles. The Labute approximate surface area is 112 Å². The molecule has 0 radical (unpaired) electrons. The molecule has 18 heavy (non-hydrogen) atoms. The molecule has 1 atom stereocenters. The van der Waals surface area contributed by atoms with Crippen LogP contribution in [0.3, 0.4) is 0 Å². The summed E-state index contributed by atoms with van der Waals surface area (Å²) in [7, 11) is 0. The van der Waals surface area contributed by atoms with Gasteiger partial charge in [0, 0.05) is 11.1 Å². The second kappa shape index (κ2) is 5.34. The zero-order valence-corrected chi connectivity index (χ0v) is 11.2. The van der Waals surface area contributed by atoms with Crippen LogP contribution in [0, 0.1) is 5.82 Å². The van der Waals surface area contributed by atoms with Crippen molar-refractivity contribution in [2.24, 2.45) is 0 Å². The van der Waals surface area contributed by atoms with Crippen LogP contribution in [-0.2, 0) is 4.74 Å². The summed E-state index contributed by atoms with van der Waals surface area (Å²) in [6, 6.07) is 3.89. The van der Waals surface area contributed by atoms with Crippen LogP contribution in [-0.4, -0.2) is 36.4 Å². The van der Waals surface area contributed by atoms with Crippen LogP contribution in [0.25, 0.3) is 0 Å². The molecule has 1 aliphatic rings. The van der Waals surface area contributed by atoms with Gasteiger partial charge < -0.3 is 15.2 Å². The van der Waals surface area contributed by atoms with Crippen LogP contribution < -0.4 is 5.32 Å². The highest BCUT2D eigenvalue weighted by Gasteiger charge is 2.36. The molecule has 98 valence electrons. The summed E-state index contributed by atoms with van der Waals surface area (Å²) in [5.74, 6) is -0.912. The van der Waals surface area contributed by atoms with Crippen LogP contribution >= 0.6 is 15.9 Å². The van der Waals surface area contributed by atoms with Crippen molar-refractivity contribution < 1.29 is 19.0 Å². The van der Waals surface area contributed by atoms with Crippen molar-refractivity contribution in [3.8, 4) is 0 Å². The first-order valence-corrected chi connectivity index (χ1v) is 6.32. The average molecular weight is 318 g/mol. The van der Waals surface area contributed by atoms with Gasteiger partial charge in [-0.05, 0) is 40.5 Å². The number of benzene rings is 1. The summed E-state index contributed by atoms with van der Waals surface area (Å²) in [5, 5.41) is 12.1. The molecular weight excluding hydrogens is 305 g/mol. The molecule has 0 bridgehead atoms. The van der Waals surface area contributed by atoms with E-state index in [1.165, 1.54) is 12.1 Å². The van der Waals surface area contributed by atoms with Gasteiger partial charge in [-0.3, -0.25) is 4.79 Å². The fourth-order valence-electron chi connectivity index (χ4n) is 1.85. The maximum atomic E-state index is 13.1. The molecule has 1 unspecified atom stereocenters. The fraction of sp³-hybridized carbons (Fsp3) is 0.417. The van der Waals surface area contributed by atoms with E-state index < -0.39 is 17.3 Å². The molecule has 6 heteroatoms. The number of amides is 1. The second-order valence-corrected chi connectivity index (χ2v) is 5.17. The van der Waals surface area contributed by atoms with Crippen molar-refractivity contribution >= 4 is 21.8 Å². The van der Waals surface area contributed by atoms with Crippen LogP contribution in [0.15, 0.2) is 22.7 Å². The van der Waals surface area contributed by atoms with E-state index in [9.17, 15) is 14.3 Å². The Balaban J connectivity index is 2.18. The number of hydrogen-bond donors (Lipinski definition) is 2. The summed E-state index contributed by atoms with van der Waals surface area (Å²) >= 11 is 3.20. The lowest BCUT2D eigenvalue weighted by atomic mass is 9.99. The summed E-state index contributed by atoms with van der Waals surface area (Å²) in [5.41, 5.74) is -0.558. The molecule has 0 saturated carbocycles. The van der Waals surface area contributed by atoms with Gasteiger partial charge in [0.05, 0.1) is 24.3 Å². The number of nitrogens with one attached hydrogen (secondary N) is 1. The molecule has 0 spiro atoms. The lowest BCUT2D eigenvalue weighted by Crippen LogP contribution is -2.52. The first-order chi connectivity index (χ1) is 8.56. The smallest absolute Gasteiger partial charge is 0.253 e. The predicted octanol–water partition coefficient (Wildman–Crippen LogP) is 1.47. The van der Waals surface area contributed by atoms with E-state index in [4.69, 9.17) is 4.74 Å². The van der Waals surface area contributed by atoms with Crippen molar-refractivity contribution in [2.45, 2.75) is 12.0 Å². The molecule has 2 rings (SSSR count). The van der Waals surface area contributed by atoms with E-state index >= 15 is 0 Å². The first kappa shape index (κ1) is 13.5. The van der Waals surface area contributed by atoms with Gasteiger partial charge in [-0.25, -0.2) is 4.39 Å². The summed E-state index contributed by atoms with van der Waals surface area (Å²) in [4.78, 5) is 12.1. The van der Waals surface area contributed by atoms with Crippen molar-refractivity contribution in [1.82, 2.24) is 5.32 Å². The zero-order valence-electron chi connectivity index (χ0n) is 9.58. The SMILES string of the molecule is O=C(NC1(CO)CCOC1)c1cc(F)ccc1Br. The molecular formula is C12H13BrFNO3. The standard InChI is InChI=1S/C12H13BrFNO3/c13-10-2-1-8(14)5-9(10)11(17)15-12(6-16)3-4-18-7-12/h1-2,5,16H,3-4,6-7H2,(H,15,17). The second-order valence-electron chi connectivity index (χ2n) is 4.32. The maximum absolute atomic E-state index is 13.1. The molecule has 1 aromatic rings. The van der Waals surface area contributed by atoms with Crippen molar-refractivity contribution in [2.75, 3.05) is 19.8 Å². The van der Waals surface area contributed by atoms with E-state index in [2.05, 4.69) is 21.2 Å². The molecule has 1 aromatic carbocycles. The van der Waals surface area contributed by atoms with Crippen molar-refractivity contribution in [3.05, 3.63) is 34.1 Å². The largest absolute Gasteiger partial charge is 0.394 e. The van der Waals surface area contributed by atoms with Gasteiger partial charge >= 0.3 is 0 Å². The Morgan fingerprint density at radius 1 is 1.61 bits per heavy atom. The predicted molar refractivity (Wildman–Crippen MR) is 66.8 cm³/mol. The highest BCUT2D eigenvalue weighted by Crippen LogP contribution is 2.22. The summed E-state index contributed by atoms with van der Waals surface area (Å²) in [6.45, 7) is 0.555. The highest BCUT2D eigenvalue weighted by molar-refractivity contribution is 9.10. The Hall–Kier alpha value is -0.980. The lowest BCUT2D eigenvalue weighted by molar-refractivity contribution is 0.0788. The molecule has 0 aliphatic carbocycles. The van der Waals surface area contributed by atoms with Gasteiger partial charge in [0.25, 0.3) is 5.91 Å². The van der Waals surface area contributed by atoms with E-state index in [1.807, 2.05) is 0 Å².